The Bertz CT molecular complexity index is 434. The first-order valence-corrected chi connectivity index (χ1v) is 5.97. The van der Waals surface area contributed by atoms with E-state index in [4.69, 9.17) is 28.5 Å². The van der Waals surface area contributed by atoms with Crippen LogP contribution in [0.2, 0.25) is 10.0 Å². The minimum Gasteiger partial charge on any atom is -0.348 e. The second kappa shape index (κ2) is 6.48. The molecule has 0 aliphatic carbocycles. The van der Waals surface area contributed by atoms with Crippen LogP contribution >= 0.6 is 23.2 Å². The number of benzene rings is 1. The normalized spacial score (nSPS) is 11.6. The van der Waals surface area contributed by atoms with Crippen LogP contribution in [0.1, 0.15) is 30.1 Å². The molecule has 1 rings (SSSR count). The van der Waals surface area contributed by atoms with Gasteiger partial charge in [0.05, 0.1) is 28.1 Å². The Morgan fingerprint density at radius 1 is 1.47 bits per heavy atom. The lowest BCUT2D eigenvalue weighted by Crippen LogP contribution is -2.34. The molecule has 1 N–H and O–H groups in total. The molecule has 3 nitrogen and oxygen atoms in total. The zero-order chi connectivity index (χ0) is 12.8. The fourth-order valence-corrected chi connectivity index (χ4v) is 1.95. The summed E-state index contributed by atoms with van der Waals surface area (Å²) in [4.78, 5) is 11.9. The quantitative estimate of drug-likeness (QED) is 0.912. The van der Waals surface area contributed by atoms with Crippen molar-refractivity contribution in [2.75, 3.05) is 0 Å². The second-order valence-corrected chi connectivity index (χ2v) is 4.35. The first-order chi connectivity index (χ1) is 8.10. The van der Waals surface area contributed by atoms with E-state index in [0.29, 0.717) is 16.5 Å². The fraction of sp³-hybridized carbons (Fsp3) is 0.333. The highest BCUT2D eigenvalue weighted by Gasteiger charge is 2.17. The van der Waals surface area contributed by atoms with Crippen LogP contribution in [0.4, 0.5) is 0 Å². The predicted molar refractivity (Wildman–Crippen MR) is 68.2 cm³/mol. The van der Waals surface area contributed by atoms with Crippen molar-refractivity contribution in [1.29, 1.82) is 5.26 Å². The largest absolute Gasteiger partial charge is 0.348 e. The van der Waals surface area contributed by atoms with Gasteiger partial charge in [0, 0.05) is 6.04 Å². The average molecular weight is 271 g/mol. The van der Waals surface area contributed by atoms with Gasteiger partial charge >= 0.3 is 0 Å². The van der Waals surface area contributed by atoms with Crippen molar-refractivity contribution >= 4 is 29.1 Å². The third-order valence-corrected chi connectivity index (χ3v) is 2.99. The van der Waals surface area contributed by atoms with Gasteiger partial charge in [0.15, 0.2) is 0 Å². The van der Waals surface area contributed by atoms with E-state index in [1.165, 1.54) is 0 Å². The topological polar surface area (TPSA) is 52.9 Å². The van der Waals surface area contributed by atoms with E-state index in [2.05, 4.69) is 5.32 Å². The molecule has 0 aliphatic rings. The van der Waals surface area contributed by atoms with Crippen LogP contribution in [-0.4, -0.2) is 11.9 Å². The number of amides is 1. The summed E-state index contributed by atoms with van der Waals surface area (Å²) in [6.07, 6.45) is 0.950. The molecule has 1 atom stereocenters. The standard InChI is InChI=1S/C12H12Cl2N2O/c1-2-8(6-7-15)16-12(17)11-9(13)4-3-5-10(11)14/h3-5,8H,2,6H2,1H3,(H,16,17). The Hall–Kier alpha value is -1.24. The molecule has 90 valence electrons. The molecule has 0 spiro atoms. The van der Waals surface area contributed by atoms with Crippen LogP contribution in [0.3, 0.4) is 0 Å². The van der Waals surface area contributed by atoms with Crippen molar-refractivity contribution in [2.24, 2.45) is 0 Å². The Kier molecular flexibility index (Phi) is 5.27. The Morgan fingerprint density at radius 2 is 2.06 bits per heavy atom. The summed E-state index contributed by atoms with van der Waals surface area (Å²) in [5, 5.41) is 12.0. The highest BCUT2D eigenvalue weighted by atomic mass is 35.5. The van der Waals surface area contributed by atoms with Gasteiger partial charge in [0.1, 0.15) is 0 Å². The summed E-state index contributed by atoms with van der Waals surface area (Å²) in [5.74, 6) is -0.345. The molecular weight excluding hydrogens is 259 g/mol. The Labute approximate surface area is 110 Å². The lowest BCUT2D eigenvalue weighted by molar-refractivity contribution is 0.0937. The van der Waals surface area contributed by atoms with E-state index in [0.717, 1.165) is 0 Å². The number of nitriles is 1. The minimum absolute atomic E-state index is 0.181. The van der Waals surface area contributed by atoms with Gasteiger partial charge in [-0.25, -0.2) is 0 Å². The fourth-order valence-electron chi connectivity index (χ4n) is 1.38. The third-order valence-electron chi connectivity index (χ3n) is 2.36. The van der Waals surface area contributed by atoms with Crippen molar-refractivity contribution in [3.63, 3.8) is 0 Å². The maximum absolute atomic E-state index is 11.9. The number of carbonyl (C=O) groups excluding carboxylic acids is 1. The molecule has 0 fully saturated rings. The molecule has 0 heterocycles. The molecule has 1 unspecified atom stereocenters. The van der Waals surface area contributed by atoms with Crippen molar-refractivity contribution in [1.82, 2.24) is 5.32 Å². The molecule has 0 aromatic heterocycles. The van der Waals surface area contributed by atoms with Crippen LogP contribution in [0.25, 0.3) is 0 Å². The Morgan fingerprint density at radius 3 is 2.53 bits per heavy atom. The second-order valence-electron chi connectivity index (χ2n) is 3.54. The van der Waals surface area contributed by atoms with Crippen molar-refractivity contribution in [3.8, 4) is 6.07 Å². The third kappa shape index (κ3) is 3.62. The van der Waals surface area contributed by atoms with Crippen LogP contribution in [-0.2, 0) is 0 Å². The number of carbonyl (C=O) groups is 1. The lowest BCUT2D eigenvalue weighted by atomic mass is 10.1. The first kappa shape index (κ1) is 13.8. The summed E-state index contributed by atoms with van der Waals surface area (Å²) in [7, 11) is 0. The molecule has 1 amide bonds. The number of rotatable bonds is 4. The van der Waals surface area contributed by atoms with E-state index in [9.17, 15) is 4.79 Å². The number of nitrogens with zero attached hydrogens (tertiary/aromatic N) is 1. The Balaban J connectivity index is 2.87. The minimum atomic E-state index is -0.345. The monoisotopic (exact) mass is 270 g/mol. The van der Waals surface area contributed by atoms with Crippen LogP contribution in [0, 0.1) is 11.3 Å². The maximum Gasteiger partial charge on any atom is 0.254 e. The summed E-state index contributed by atoms with van der Waals surface area (Å²) < 4.78 is 0. The van der Waals surface area contributed by atoms with Gasteiger partial charge in [0.2, 0.25) is 0 Å². The van der Waals surface area contributed by atoms with Gasteiger partial charge < -0.3 is 5.32 Å². The highest BCUT2D eigenvalue weighted by Crippen LogP contribution is 2.24. The molecule has 0 radical (unpaired) electrons. The zero-order valence-electron chi connectivity index (χ0n) is 9.34. The highest BCUT2D eigenvalue weighted by molar-refractivity contribution is 6.39. The predicted octanol–water partition coefficient (Wildman–Crippen LogP) is 3.42. The lowest BCUT2D eigenvalue weighted by Gasteiger charge is -2.14. The van der Waals surface area contributed by atoms with Gasteiger partial charge in [-0.2, -0.15) is 5.26 Å². The molecular formula is C12H12Cl2N2O. The zero-order valence-corrected chi connectivity index (χ0v) is 10.8. The summed E-state index contributed by atoms with van der Waals surface area (Å²) in [6.45, 7) is 1.90. The van der Waals surface area contributed by atoms with Gasteiger partial charge in [-0.3, -0.25) is 4.79 Å². The van der Waals surface area contributed by atoms with Crippen LogP contribution in [0.15, 0.2) is 18.2 Å². The SMILES string of the molecule is CCC(CC#N)NC(=O)c1c(Cl)cccc1Cl. The van der Waals surface area contributed by atoms with E-state index in [-0.39, 0.29) is 23.9 Å². The number of hydrogen-bond donors (Lipinski definition) is 1. The molecule has 17 heavy (non-hydrogen) atoms. The average Bonchev–Trinajstić information content (AvgIpc) is 2.28. The van der Waals surface area contributed by atoms with Gasteiger partial charge in [0.25, 0.3) is 5.91 Å². The molecule has 0 bridgehead atoms. The summed E-state index contributed by atoms with van der Waals surface area (Å²) in [5.41, 5.74) is 0.257. The first-order valence-electron chi connectivity index (χ1n) is 5.22. The number of halogens is 2. The molecule has 0 saturated carbocycles. The van der Waals surface area contributed by atoms with Gasteiger partial charge in [-0.15, -0.1) is 0 Å². The van der Waals surface area contributed by atoms with Crippen molar-refractivity contribution < 1.29 is 4.79 Å². The summed E-state index contributed by atoms with van der Waals surface area (Å²) in [6, 6.07) is 6.73. The van der Waals surface area contributed by atoms with E-state index >= 15 is 0 Å². The number of hydrogen-bond acceptors (Lipinski definition) is 2. The molecule has 0 aliphatic heterocycles. The van der Waals surface area contributed by atoms with E-state index < -0.39 is 0 Å². The van der Waals surface area contributed by atoms with Gasteiger partial charge in [-0.05, 0) is 18.6 Å². The van der Waals surface area contributed by atoms with Crippen molar-refractivity contribution in [3.05, 3.63) is 33.8 Å². The van der Waals surface area contributed by atoms with E-state index in [1.807, 2.05) is 13.0 Å². The number of nitrogens with one attached hydrogen (secondary N) is 1. The maximum atomic E-state index is 11.9. The molecule has 5 heteroatoms. The molecule has 1 aromatic rings. The molecule has 1 aromatic carbocycles. The van der Waals surface area contributed by atoms with E-state index in [1.54, 1.807) is 18.2 Å². The van der Waals surface area contributed by atoms with Crippen LogP contribution in [0.5, 0.6) is 0 Å². The van der Waals surface area contributed by atoms with Gasteiger partial charge in [-0.1, -0.05) is 36.2 Å². The summed E-state index contributed by atoms with van der Waals surface area (Å²) >= 11 is 11.8. The van der Waals surface area contributed by atoms with Crippen LogP contribution < -0.4 is 5.32 Å². The molecule has 0 saturated heterocycles. The smallest absolute Gasteiger partial charge is 0.254 e. The van der Waals surface area contributed by atoms with Crippen molar-refractivity contribution in [2.45, 2.75) is 25.8 Å².